The van der Waals surface area contributed by atoms with Gasteiger partial charge in [-0.2, -0.15) is 0 Å². The zero-order valence-corrected chi connectivity index (χ0v) is 12.3. The van der Waals surface area contributed by atoms with E-state index in [0.717, 1.165) is 23.8 Å². The molecule has 1 aromatic carbocycles. The summed E-state index contributed by atoms with van der Waals surface area (Å²) in [5.41, 5.74) is 1.11. The quantitative estimate of drug-likeness (QED) is 0.762. The molecule has 0 aliphatic heterocycles. The Hall–Kier alpha value is -1.55. The molecule has 1 amide bonds. The summed E-state index contributed by atoms with van der Waals surface area (Å²) in [6.07, 6.45) is 2.56. The van der Waals surface area contributed by atoms with E-state index in [2.05, 4.69) is 10.6 Å². The number of hydrogen-bond acceptors (Lipinski definition) is 3. The van der Waals surface area contributed by atoms with Crippen molar-refractivity contribution in [2.45, 2.75) is 32.8 Å². The van der Waals surface area contributed by atoms with Crippen LogP contribution in [0, 0.1) is 12.8 Å². The van der Waals surface area contributed by atoms with E-state index in [1.54, 1.807) is 0 Å². The molecule has 110 valence electrons. The first-order valence-corrected chi connectivity index (χ1v) is 7.35. The molecular weight excluding hydrogens is 252 g/mol. The Bertz CT molecular complexity index is 444. The van der Waals surface area contributed by atoms with Gasteiger partial charge in [0, 0.05) is 0 Å². The van der Waals surface area contributed by atoms with Gasteiger partial charge in [0.15, 0.2) is 0 Å². The topological polar surface area (TPSA) is 50.4 Å². The van der Waals surface area contributed by atoms with Gasteiger partial charge in [0.25, 0.3) is 0 Å². The first kappa shape index (κ1) is 14.9. The average Bonchev–Trinajstić information content (AvgIpc) is 3.23. The van der Waals surface area contributed by atoms with Crippen molar-refractivity contribution >= 4 is 5.91 Å². The molecule has 0 saturated heterocycles. The van der Waals surface area contributed by atoms with E-state index < -0.39 is 0 Å². The predicted molar refractivity (Wildman–Crippen MR) is 79.9 cm³/mol. The first-order chi connectivity index (χ1) is 9.65. The van der Waals surface area contributed by atoms with Crippen molar-refractivity contribution in [3.05, 3.63) is 29.8 Å². The standard InChI is InChI=1S/C16H24N2O2/c1-12-5-3-4-6-15(12)20-13(2)9-18-16(19)11-17-10-14-7-8-14/h3-6,13-14,17H,7-11H2,1-2H3,(H,18,19). The van der Waals surface area contributed by atoms with Gasteiger partial charge in [-0.3, -0.25) is 4.79 Å². The summed E-state index contributed by atoms with van der Waals surface area (Å²) in [6.45, 7) is 5.86. The van der Waals surface area contributed by atoms with Crippen LogP contribution in [-0.2, 0) is 4.79 Å². The van der Waals surface area contributed by atoms with Gasteiger partial charge < -0.3 is 15.4 Å². The number of rotatable bonds is 8. The molecule has 1 atom stereocenters. The highest BCUT2D eigenvalue weighted by molar-refractivity contribution is 5.77. The number of para-hydroxylation sites is 1. The molecule has 1 fully saturated rings. The minimum atomic E-state index is -0.0384. The molecule has 1 unspecified atom stereocenters. The molecule has 0 bridgehead atoms. The Morgan fingerprint density at radius 2 is 2.15 bits per heavy atom. The number of aryl methyl sites for hydroxylation is 1. The minimum Gasteiger partial charge on any atom is -0.489 e. The number of nitrogens with one attached hydrogen (secondary N) is 2. The van der Waals surface area contributed by atoms with Crippen LogP contribution in [0.5, 0.6) is 5.75 Å². The zero-order valence-electron chi connectivity index (χ0n) is 12.3. The van der Waals surface area contributed by atoms with Crippen molar-refractivity contribution in [3.8, 4) is 5.75 Å². The molecular formula is C16H24N2O2. The molecule has 4 nitrogen and oxygen atoms in total. The maximum Gasteiger partial charge on any atom is 0.234 e. The van der Waals surface area contributed by atoms with E-state index in [1.807, 2.05) is 38.1 Å². The van der Waals surface area contributed by atoms with Crippen LogP contribution in [0.2, 0.25) is 0 Å². The van der Waals surface area contributed by atoms with Crippen molar-refractivity contribution in [1.82, 2.24) is 10.6 Å². The highest BCUT2D eigenvalue weighted by atomic mass is 16.5. The lowest BCUT2D eigenvalue weighted by atomic mass is 10.2. The lowest BCUT2D eigenvalue weighted by Crippen LogP contribution is -2.39. The van der Waals surface area contributed by atoms with E-state index in [-0.39, 0.29) is 12.0 Å². The molecule has 0 spiro atoms. The van der Waals surface area contributed by atoms with E-state index in [9.17, 15) is 4.79 Å². The molecule has 1 saturated carbocycles. The van der Waals surface area contributed by atoms with Crippen molar-refractivity contribution in [2.24, 2.45) is 5.92 Å². The second kappa shape index (κ2) is 7.29. The van der Waals surface area contributed by atoms with Gasteiger partial charge in [-0.1, -0.05) is 18.2 Å². The smallest absolute Gasteiger partial charge is 0.234 e. The third-order valence-electron chi connectivity index (χ3n) is 3.42. The van der Waals surface area contributed by atoms with Crippen LogP contribution in [0.3, 0.4) is 0 Å². The molecule has 0 aromatic heterocycles. The van der Waals surface area contributed by atoms with Gasteiger partial charge in [0.2, 0.25) is 5.91 Å². The first-order valence-electron chi connectivity index (χ1n) is 7.35. The summed E-state index contributed by atoms with van der Waals surface area (Å²) in [5.74, 6) is 1.71. The largest absolute Gasteiger partial charge is 0.489 e. The normalized spacial score (nSPS) is 15.7. The summed E-state index contributed by atoms with van der Waals surface area (Å²) in [5, 5.41) is 6.07. The fraction of sp³-hybridized carbons (Fsp3) is 0.562. The van der Waals surface area contributed by atoms with E-state index in [4.69, 9.17) is 4.74 Å². The van der Waals surface area contributed by atoms with E-state index in [0.29, 0.717) is 13.1 Å². The lowest BCUT2D eigenvalue weighted by Gasteiger charge is -2.17. The van der Waals surface area contributed by atoms with Crippen LogP contribution in [0.15, 0.2) is 24.3 Å². The fourth-order valence-electron chi connectivity index (χ4n) is 1.98. The number of ether oxygens (including phenoxy) is 1. The second-order valence-corrected chi connectivity index (χ2v) is 5.57. The molecule has 4 heteroatoms. The SMILES string of the molecule is Cc1ccccc1OC(C)CNC(=O)CNCC1CC1. The fourth-order valence-corrected chi connectivity index (χ4v) is 1.98. The summed E-state index contributed by atoms with van der Waals surface area (Å²) >= 11 is 0. The van der Waals surface area contributed by atoms with Crippen LogP contribution >= 0.6 is 0 Å². The summed E-state index contributed by atoms with van der Waals surface area (Å²) in [7, 11) is 0. The molecule has 2 rings (SSSR count). The number of benzene rings is 1. The number of carbonyl (C=O) groups is 1. The Labute approximate surface area is 120 Å². The lowest BCUT2D eigenvalue weighted by molar-refractivity contribution is -0.120. The molecule has 20 heavy (non-hydrogen) atoms. The average molecular weight is 276 g/mol. The molecule has 1 aliphatic rings. The van der Waals surface area contributed by atoms with Gasteiger partial charge in [0.1, 0.15) is 11.9 Å². The van der Waals surface area contributed by atoms with Crippen LogP contribution in [-0.4, -0.2) is 31.6 Å². The third-order valence-corrected chi connectivity index (χ3v) is 3.42. The number of amides is 1. The van der Waals surface area contributed by atoms with Crippen molar-refractivity contribution < 1.29 is 9.53 Å². The van der Waals surface area contributed by atoms with Crippen molar-refractivity contribution in [2.75, 3.05) is 19.6 Å². The van der Waals surface area contributed by atoms with Gasteiger partial charge in [-0.15, -0.1) is 0 Å². The highest BCUT2D eigenvalue weighted by Crippen LogP contribution is 2.27. The van der Waals surface area contributed by atoms with Crippen molar-refractivity contribution in [1.29, 1.82) is 0 Å². The van der Waals surface area contributed by atoms with Gasteiger partial charge in [-0.05, 0) is 50.8 Å². The van der Waals surface area contributed by atoms with Gasteiger partial charge >= 0.3 is 0 Å². The molecule has 2 N–H and O–H groups in total. The van der Waals surface area contributed by atoms with Gasteiger partial charge in [-0.25, -0.2) is 0 Å². The summed E-state index contributed by atoms with van der Waals surface area (Å²) in [6, 6.07) is 7.91. The van der Waals surface area contributed by atoms with Gasteiger partial charge in [0.05, 0.1) is 13.1 Å². The third kappa shape index (κ3) is 5.21. The zero-order chi connectivity index (χ0) is 14.4. The van der Waals surface area contributed by atoms with Crippen LogP contribution < -0.4 is 15.4 Å². The molecule has 1 aromatic rings. The molecule has 1 aliphatic carbocycles. The minimum absolute atomic E-state index is 0.0332. The van der Waals surface area contributed by atoms with Crippen LogP contribution in [0.1, 0.15) is 25.3 Å². The summed E-state index contributed by atoms with van der Waals surface area (Å²) in [4.78, 5) is 11.6. The maximum atomic E-state index is 11.6. The Kier molecular flexibility index (Phi) is 5.41. The number of carbonyl (C=O) groups excluding carboxylic acids is 1. The molecule has 0 radical (unpaired) electrons. The van der Waals surface area contributed by atoms with Crippen LogP contribution in [0.4, 0.5) is 0 Å². The predicted octanol–water partition coefficient (Wildman–Crippen LogP) is 1.88. The highest BCUT2D eigenvalue weighted by Gasteiger charge is 2.20. The van der Waals surface area contributed by atoms with Crippen LogP contribution in [0.25, 0.3) is 0 Å². The Morgan fingerprint density at radius 3 is 2.85 bits per heavy atom. The Balaban J connectivity index is 1.62. The second-order valence-electron chi connectivity index (χ2n) is 5.57. The van der Waals surface area contributed by atoms with E-state index in [1.165, 1.54) is 12.8 Å². The number of hydrogen-bond donors (Lipinski definition) is 2. The van der Waals surface area contributed by atoms with Crippen molar-refractivity contribution in [3.63, 3.8) is 0 Å². The van der Waals surface area contributed by atoms with E-state index >= 15 is 0 Å². The monoisotopic (exact) mass is 276 g/mol. The Morgan fingerprint density at radius 1 is 1.40 bits per heavy atom. The molecule has 0 heterocycles. The maximum absolute atomic E-state index is 11.6. The summed E-state index contributed by atoms with van der Waals surface area (Å²) < 4.78 is 5.81.